The maximum atomic E-state index is 12.9. The number of hydrogen-bond acceptors (Lipinski definition) is 4. The maximum Gasteiger partial charge on any atom is 0.257 e. The van der Waals surface area contributed by atoms with Gasteiger partial charge in [0.25, 0.3) is 5.91 Å². The van der Waals surface area contributed by atoms with Gasteiger partial charge in [0.1, 0.15) is 5.75 Å². The van der Waals surface area contributed by atoms with Crippen molar-refractivity contribution in [1.29, 1.82) is 0 Å². The Kier molecular flexibility index (Phi) is 5.76. The molecule has 0 saturated carbocycles. The summed E-state index contributed by atoms with van der Waals surface area (Å²) in [5, 5.41) is 10.1. The number of aromatic hydroxyl groups is 1. The number of benzene rings is 2. The number of phenolic OH excluding ortho intramolecular Hbond substituents is 1. The molecule has 0 aromatic heterocycles. The molecule has 1 aliphatic rings. The highest BCUT2D eigenvalue weighted by Gasteiger charge is 2.31. The van der Waals surface area contributed by atoms with Crippen molar-refractivity contribution in [2.24, 2.45) is 0 Å². The summed E-state index contributed by atoms with van der Waals surface area (Å²) in [6.45, 7) is 6.98. The summed E-state index contributed by atoms with van der Waals surface area (Å²) in [4.78, 5) is 14.7. The summed E-state index contributed by atoms with van der Waals surface area (Å²) >= 11 is 0. The van der Waals surface area contributed by atoms with E-state index in [2.05, 4.69) is 0 Å². The van der Waals surface area contributed by atoms with E-state index < -0.39 is 10.0 Å². The van der Waals surface area contributed by atoms with Crippen LogP contribution < -0.4 is 0 Å². The molecule has 7 heteroatoms. The summed E-state index contributed by atoms with van der Waals surface area (Å²) in [5.74, 6) is -0.0832. The second kappa shape index (κ2) is 7.93. The van der Waals surface area contributed by atoms with E-state index in [0.717, 1.165) is 11.1 Å². The van der Waals surface area contributed by atoms with Gasteiger partial charge in [-0.3, -0.25) is 4.79 Å². The smallest absolute Gasteiger partial charge is 0.257 e. The highest BCUT2D eigenvalue weighted by Crippen LogP contribution is 2.25. The zero-order valence-electron chi connectivity index (χ0n) is 16.4. The number of amides is 1. The van der Waals surface area contributed by atoms with Crippen molar-refractivity contribution in [3.05, 3.63) is 59.2 Å². The van der Waals surface area contributed by atoms with Crippen molar-refractivity contribution in [2.75, 3.05) is 26.2 Å². The number of phenols is 1. The second-order valence-corrected chi connectivity index (χ2v) is 9.38. The fourth-order valence-corrected chi connectivity index (χ4v) is 4.67. The van der Waals surface area contributed by atoms with Crippen LogP contribution in [0, 0.1) is 6.92 Å². The Labute approximate surface area is 166 Å². The Morgan fingerprint density at radius 3 is 2.18 bits per heavy atom. The zero-order valence-corrected chi connectivity index (χ0v) is 17.2. The lowest BCUT2D eigenvalue weighted by Gasteiger charge is -2.34. The second-order valence-electron chi connectivity index (χ2n) is 7.44. The van der Waals surface area contributed by atoms with Crippen LogP contribution in [0.2, 0.25) is 0 Å². The SMILES string of the molecule is Cc1ccc(S(=O)(=O)N2CCN(C(=O)c3cc(C(C)C)ccc3O)CC2)cc1. The van der Waals surface area contributed by atoms with E-state index in [1.165, 1.54) is 4.31 Å². The van der Waals surface area contributed by atoms with Gasteiger partial charge >= 0.3 is 0 Å². The normalized spacial score (nSPS) is 15.8. The molecule has 28 heavy (non-hydrogen) atoms. The molecular weight excluding hydrogens is 376 g/mol. The standard InChI is InChI=1S/C21H26N2O4S/c1-15(2)17-6-9-20(24)19(14-17)21(25)22-10-12-23(13-11-22)28(26,27)18-7-4-16(3)5-8-18/h4-9,14-15,24H,10-13H2,1-3H3. The summed E-state index contributed by atoms with van der Waals surface area (Å²) in [5.41, 5.74) is 2.24. The van der Waals surface area contributed by atoms with Gasteiger partial charge in [-0.25, -0.2) is 8.42 Å². The van der Waals surface area contributed by atoms with Gasteiger partial charge in [0.2, 0.25) is 10.0 Å². The van der Waals surface area contributed by atoms with Crippen LogP contribution in [0.1, 0.15) is 41.3 Å². The molecule has 3 rings (SSSR count). The first kappa shape index (κ1) is 20.4. The molecule has 1 heterocycles. The first-order valence-electron chi connectivity index (χ1n) is 9.39. The molecule has 2 aromatic rings. The van der Waals surface area contributed by atoms with Crippen LogP contribution in [-0.2, 0) is 10.0 Å². The van der Waals surface area contributed by atoms with Crippen LogP contribution in [0.4, 0.5) is 0 Å². The fraction of sp³-hybridized carbons (Fsp3) is 0.381. The Morgan fingerprint density at radius 1 is 1.00 bits per heavy atom. The van der Waals surface area contributed by atoms with Gasteiger partial charge in [-0.1, -0.05) is 37.6 Å². The molecule has 150 valence electrons. The average molecular weight is 403 g/mol. The highest BCUT2D eigenvalue weighted by molar-refractivity contribution is 7.89. The molecule has 1 fully saturated rings. The maximum absolute atomic E-state index is 12.9. The monoisotopic (exact) mass is 402 g/mol. The quantitative estimate of drug-likeness (QED) is 0.853. The lowest BCUT2D eigenvalue weighted by Crippen LogP contribution is -2.50. The number of nitrogens with zero attached hydrogens (tertiary/aromatic N) is 2. The van der Waals surface area contributed by atoms with Crippen molar-refractivity contribution in [1.82, 2.24) is 9.21 Å². The molecule has 1 aliphatic heterocycles. The Morgan fingerprint density at radius 2 is 1.61 bits per heavy atom. The molecule has 1 amide bonds. The van der Waals surface area contributed by atoms with Crippen LogP contribution in [-0.4, -0.2) is 54.8 Å². The van der Waals surface area contributed by atoms with E-state index in [0.29, 0.717) is 0 Å². The Hall–Kier alpha value is -2.38. The van der Waals surface area contributed by atoms with Crippen LogP contribution in [0.5, 0.6) is 5.75 Å². The molecule has 0 bridgehead atoms. The van der Waals surface area contributed by atoms with E-state index in [9.17, 15) is 18.3 Å². The zero-order chi connectivity index (χ0) is 20.5. The molecule has 1 N–H and O–H groups in total. The number of carbonyl (C=O) groups is 1. The number of carbonyl (C=O) groups excluding carboxylic acids is 1. The van der Waals surface area contributed by atoms with Crippen LogP contribution in [0.25, 0.3) is 0 Å². The minimum absolute atomic E-state index is 0.0518. The Bertz CT molecular complexity index is 960. The summed E-state index contributed by atoms with van der Waals surface area (Å²) in [7, 11) is -3.57. The molecule has 1 saturated heterocycles. The van der Waals surface area contributed by atoms with Crippen LogP contribution in [0.15, 0.2) is 47.4 Å². The van der Waals surface area contributed by atoms with Crippen molar-refractivity contribution in [2.45, 2.75) is 31.6 Å². The fourth-order valence-electron chi connectivity index (χ4n) is 3.25. The van der Waals surface area contributed by atoms with Gasteiger partial charge in [-0.2, -0.15) is 4.31 Å². The molecule has 0 radical (unpaired) electrons. The molecule has 6 nitrogen and oxygen atoms in total. The molecule has 0 aliphatic carbocycles. The predicted octanol–water partition coefficient (Wildman–Crippen LogP) is 2.97. The lowest BCUT2D eigenvalue weighted by atomic mass is 9.99. The highest BCUT2D eigenvalue weighted by atomic mass is 32.2. The van der Waals surface area contributed by atoms with E-state index >= 15 is 0 Å². The van der Waals surface area contributed by atoms with E-state index in [1.54, 1.807) is 41.3 Å². The van der Waals surface area contributed by atoms with Gasteiger partial charge in [-0.05, 0) is 42.7 Å². The molecule has 0 unspecified atom stereocenters. The van der Waals surface area contributed by atoms with Gasteiger partial charge in [-0.15, -0.1) is 0 Å². The number of rotatable bonds is 4. The summed E-state index contributed by atoms with van der Waals surface area (Å²) in [6, 6.07) is 11.8. The molecule has 2 aromatic carbocycles. The summed E-state index contributed by atoms with van der Waals surface area (Å²) < 4.78 is 27.0. The largest absolute Gasteiger partial charge is 0.507 e. The minimum atomic E-state index is -3.57. The van der Waals surface area contributed by atoms with Crippen molar-refractivity contribution >= 4 is 15.9 Å². The van der Waals surface area contributed by atoms with Crippen molar-refractivity contribution < 1.29 is 18.3 Å². The number of hydrogen-bond donors (Lipinski definition) is 1. The third kappa shape index (κ3) is 4.05. The topological polar surface area (TPSA) is 77.9 Å². The first-order valence-corrected chi connectivity index (χ1v) is 10.8. The van der Waals surface area contributed by atoms with E-state index in [1.807, 2.05) is 26.8 Å². The average Bonchev–Trinajstić information content (AvgIpc) is 2.68. The van der Waals surface area contributed by atoms with E-state index in [4.69, 9.17) is 0 Å². The van der Waals surface area contributed by atoms with Gasteiger partial charge in [0, 0.05) is 26.2 Å². The van der Waals surface area contributed by atoms with Crippen molar-refractivity contribution in [3.63, 3.8) is 0 Å². The van der Waals surface area contributed by atoms with Crippen LogP contribution >= 0.6 is 0 Å². The predicted molar refractivity (Wildman–Crippen MR) is 108 cm³/mol. The van der Waals surface area contributed by atoms with Gasteiger partial charge in [0.05, 0.1) is 10.5 Å². The van der Waals surface area contributed by atoms with Crippen LogP contribution in [0.3, 0.4) is 0 Å². The Balaban J connectivity index is 1.72. The van der Waals surface area contributed by atoms with Gasteiger partial charge < -0.3 is 10.0 Å². The number of sulfonamides is 1. The molecule has 0 spiro atoms. The number of aryl methyl sites for hydroxylation is 1. The van der Waals surface area contributed by atoms with Gasteiger partial charge in [0.15, 0.2) is 0 Å². The minimum Gasteiger partial charge on any atom is -0.507 e. The van der Waals surface area contributed by atoms with Crippen molar-refractivity contribution in [3.8, 4) is 5.75 Å². The molecular formula is C21H26N2O4S. The molecule has 0 atom stereocenters. The summed E-state index contributed by atoms with van der Waals surface area (Å²) in [6.07, 6.45) is 0. The third-order valence-corrected chi connectivity index (χ3v) is 7.02. The first-order chi connectivity index (χ1) is 13.2. The number of piperazine rings is 1. The third-order valence-electron chi connectivity index (χ3n) is 5.10. The lowest BCUT2D eigenvalue weighted by molar-refractivity contribution is 0.0694. The van der Waals surface area contributed by atoms with E-state index in [-0.39, 0.29) is 54.2 Å².